The highest BCUT2D eigenvalue weighted by Crippen LogP contribution is 2.22. The minimum Gasteiger partial charge on any atom is -0.330 e. The number of nitrogens with zero attached hydrogens (tertiary/aromatic N) is 3. The number of hydrogen-bond donors (Lipinski definition) is 1. The first-order valence-electron chi connectivity index (χ1n) is 6.19. The van der Waals surface area contributed by atoms with Crippen LogP contribution in [-0.2, 0) is 6.42 Å². The monoisotopic (exact) mass is 326 g/mol. The van der Waals surface area contributed by atoms with Crippen molar-refractivity contribution in [3.63, 3.8) is 0 Å². The second kappa shape index (κ2) is 6.25. The molecule has 1 heterocycles. The summed E-state index contributed by atoms with van der Waals surface area (Å²) >= 11 is 3.17. The van der Waals surface area contributed by atoms with E-state index in [0.29, 0.717) is 16.7 Å². The zero-order valence-electron chi connectivity index (χ0n) is 10.7. The van der Waals surface area contributed by atoms with Crippen LogP contribution in [0.4, 0.5) is 4.39 Å². The molecule has 0 amide bonds. The van der Waals surface area contributed by atoms with Crippen LogP contribution >= 0.6 is 15.9 Å². The maximum Gasteiger partial charge on any atom is 0.139 e. The average molecular weight is 327 g/mol. The Bertz CT molecular complexity index is 568. The molecule has 4 nitrogen and oxygen atoms in total. The number of aryl methyl sites for hydroxylation is 2. The second-order valence-corrected chi connectivity index (χ2v) is 5.31. The molecule has 1 aromatic heterocycles. The van der Waals surface area contributed by atoms with Crippen LogP contribution < -0.4 is 5.73 Å². The third-order valence-electron chi connectivity index (χ3n) is 2.91. The largest absolute Gasteiger partial charge is 0.330 e. The van der Waals surface area contributed by atoms with Crippen LogP contribution in [0, 0.1) is 12.7 Å². The third-order valence-corrected chi connectivity index (χ3v) is 3.52. The van der Waals surface area contributed by atoms with E-state index in [2.05, 4.69) is 26.2 Å². The van der Waals surface area contributed by atoms with E-state index in [-0.39, 0.29) is 5.82 Å². The number of halogens is 2. The Morgan fingerprint density at radius 2 is 2.16 bits per heavy atom. The number of nitrogens with two attached hydrogens (primary N) is 1. The molecule has 0 atom stereocenters. The van der Waals surface area contributed by atoms with Crippen molar-refractivity contribution in [2.75, 3.05) is 6.54 Å². The minimum absolute atomic E-state index is 0.305. The van der Waals surface area contributed by atoms with Gasteiger partial charge in [0.25, 0.3) is 0 Å². The summed E-state index contributed by atoms with van der Waals surface area (Å²) in [5.74, 6) is -0.305. The molecule has 0 unspecified atom stereocenters. The lowest BCUT2D eigenvalue weighted by Gasteiger charge is -2.06. The van der Waals surface area contributed by atoms with Crippen molar-refractivity contribution < 1.29 is 4.39 Å². The molecule has 0 bridgehead atoms. The fourth-order valence-electron chi connectivity index (χ4n) is 1.86. The molecule has 2 aromatic rings. The molecule has 1 aromatic carbocycles. The number of unbranched alkanes of at least 4 members (excludes halogenated alkanes) is 1. The summed E-state index contributed by atoms with van der Waals surface area (Å²) in [6.45, 7) is 2.60. The Balaban J connectivity index is 2.20. The van der Waals surface area contributed by atoms with E-state index in [4.69, 9.17) is 5.73 Å². The molecule has 2 rings (SSSR count). The fraction of sp³-hybridized carbons (Fsp3) is 0.385. The maximum atomic E-state index is 13.6. The number of rotatable bonds is 5. The third kappa shape index (κ3) is 3.39. The van der Waals surface area contributed by atoms with Crippen LogP contribution in [0.2, 0.25) is 0 Å². The molecule has 0 aliphatic carbocycles. The van der Waals surface area contributed by atoms with E-state index in [1.807, 2.05) is 13.1 Å². The second-order valence-electron chi connectivity index (χ2n) is 4.45. The number of benzene rings is 1. The van der Waals surface area contributed by atoms with Crippen LogP contribution in [-0.4, -0.2) is 21.5 Å². The predicted molar refractivity (Wildman–Crippen MR) is 75.7 cm³/mol. The van der Waals surface area contributed by atoms with Crippen molar-refractivity contribution in [3.05, 3.63) is 39.9 Å². The first kappa shape index (κ1) is 14.1. The van der Waals surface area contributed by atoms with Gasteiger partial charge < -0.3 is 5.73 Å². The SMILES string of the molecule is Cc1cc(Br)c(F)cc1-n1cc(CCCCN)nn1. The lowest BCUT2D eigenvalue weighted by molar-refractivity contribution is 0.617. The highest BCUT2D eigenvalue weighted by molar-refractivity contribution is 9.10. The molecule has 2 N–H and O–H groups in total. The lowest BCUT2D eigenvalue weighted by Crippen LogP contribution is -1.99. The van der Waals surface area contributed by atoms with E-state index in [0.717, 1.165) is 30.5 Å². The normalized spacial score (nSPS) is 10.9. The number of hydrogen-bond acceptors (Lipinski definition) is 3. The van der Waals surface area contributed by atoms with E-state index in [1.165, 1.54) is 6.07 Å². The highest BCUT2D eigenvalue weighted by atomic mass is 79.9. The van der Waals surface area contributed by atoms with Crippen LogP contribution in [0.25, 0.3) is 5.69 Å². The summed E-state index contributed by atoms with van der Waals surface area (Å²) in [7, 11) is 0. The van der Waals surface area contributed by atoms with Gasteiger partial charge in [0.1, 0.15) is 5.82 Å². The summed E-state index contributed by atoms with van der Waals surface area (Å²) in [5, 5.41) is 8.15. The highest BCUT2D eigenvalue weighted by Gasteiger charge is 2.09. The van der Waals surface area contributed by atoms with Crippen molar-refractivity contribution in [2.24, 2.45) is 5.73 Å². The average Bonchev–Trinajstić information content (AvgIpc) is 2.83. The molecule has 0 fully saturated rings. The van der Waals surface area contributed by atoms with E-state index in [9.17, 15) is 4.39 Å². The van der Waals surface area contributed by atoms with Gasteiger partial charge in [-0.25, -0.2) is 9.07 Å². The van der Waals surface area contributed by atoms with Crippen molar-refractivity contribution in [3.8, 4) is 5.69 Å². The Kier molecular flexibility index (Phi) is 4.66. The van der Waals surface area contributed by atoms with Gasteiger partial charge in [-0.2, -0.15) is 0 Å². The molecule has 0 spiro atoms. The fourth-order valence-corrected chi connectivity index (χ4v) is 2.32. The van der Waals surface area contributed by atoms with Gasteiger partial charge in [0.05, 0.1) is 22.1 Å². The zero-order valence-corrected chi connectivity index (χ0v) is 12.3. The Morgan fingerprint density at radius 3 is 2.89 bits per heavy atom. The number of aromatic nitrogens is 3. The Hall–Kier alpha value is -1.27. The van der Waals surface area contributed by atoms with Crippen LogP contribution in [0.15, 0.2) is 22.8 Å². The molecule has 0 radical (unpaired) electrons. The van der Waals surface area contributed by atoms with E-state index < -0.39 is 0 Å². The summed E-state index contributed by atoms with van der Waals surface area (Å²) < 4.78 is 15.6. The van der Waals surface area contributed by atoms with Crippen LogP contribution in [0.5, 0.6) is 0 Å². The Morgan fingerprint density at radius 1 is 1.37 bits per heavy atom. The van der Waals surface area contributed by atoms with Crippen molar-refractivity contribution in [1.82, 2.24) is 15.0 Å². The summed E-state index contributed by atoms with van der Waals surface area (Å²) in [5.41, 5.74) is 7.99. The van der Waals surface area contributed by atoms with E-state index in [1.54, 1.807) is 10.7 Å². The van der Waals surface area contributed by atoms with Gasteiger partial charge in [-0.05, 0) is 60.3 Å². The van der Waals surface area contributed by atoms with Gasteiger partial charge in [-0.1, -0.05) is 5.21 Å². The van der Waals surface area contributed by atoms with Gasteiger partial charge in [0.2, 0.25) is 0 Å². The molecule has 0 aliphatic rings. The van der Waals surface area contributed by atoms with Gasteiger partial charge >= 0.3 is 0 Å². The summed E-state index contributed by atoms with van der Waals surface area (Å²) in [6, 6.07) is 3.19. The summed E-state index contributed by atoms with van der Waals surface area (Å²) in [6.07, 6.45) is 4.64. The molecule has 102 valence electrons. The Labute approximate surface area is 119 Å². The molecule has 0 saturated heterocycles. The van der Waals surface area contributed by atoms with Gasteiger partial charge in [-0.3, -0.25) is 0 Å². The molecular weight excluding hydrogens is 311 g/mol. The van der Waals surface area contributed by atoms with Gasteiger partial charge in [-0.15, -0.1) is 5.10 Å². The van der Waals surface area contributed by atoms with Crippen molar-refractivity contribution in [2.45, 2.75) is 26.2 Å². The topological polar surface area (TPSA) is 56.7 Å². The lowest BCUT2D eigenvalue weighted by atomic mass is 10.2. The molecule has 6 heteroatoms. The van der Waals surface area contributed by atoms with E-state index >= 15 is 0 Å². The van der Waals surface area contributed by atoms with Gasteiger partial charge in [0, 0.05) is 6.07 Å². The zero-order chi connectivity index (χ0) is 13.8. The maximum absolute atomic E-state index is 13.6. The smallest absolute Gasteiger partial charge is 0.139 e. The minimum atomic E-state index is -0.305. The van der Waals surface area contributed by atoms with Crippen LogP contribution in [0.1, 0.15) is 24.1 Å². The quantitative estimate of drug-likeness (QED) is 0.859. The first-order valence-corrected chi connectivity index (χ1v) is 6.98. The molecule has 19 heavy (non-hydrogen) atoms. The van der Waals surface area contributed by atoms with Gasteiger partial charge in [0.15, 0.2) is 0 Å². The predicted octanol–water partition coefficient (Wildman–Crippen LogP) is 2.76. The molecular formula is C13H16BrFN4. The van der Waals surface area contributed by atoms with Crippen LogP contribution in [0.3, 0.4) is 0 Å². The molecule has 0 saturated carbocycles. The van der Waals surface area contributed by atoms with Crippen molar-refractivity contribution >= 4 is 15.9 Å². The molecule has 0 aliphatic heterocycles. The summed E-state index contributed by atoms with van der Waals surface area (Å²) in [4.78, 5) is 0. The van der Waals surface area contributed by atoms with Crippen molar-refractivity contribution in [1.29, 1.82) is 0 Å². The first-order chi connectivity index (χ1) is 9.11. The standard InChI is InChI=1S/C13H16BrFN4/c1-9-6-11(14)12(15)7-13(9)19-8-10(17-18-19)4-2-3-5-16/h6-8H,2-5,16H2,1H3.